The number of methoxy groups -OCH3 is 1. The number of carbonyl (C=O) groups is 1. The fourth-order valence-corrected chi connectivity index (χ4v) is 2.38. The molecule has 4 nitrogen and oxygen atoms in total. The van der Waals surface area contributed by atoms with E-state index in [-0.39, 0.29) is 24.0 Å². The van der Waals surface area contributed by atoms with E-state index in [0.29, 0.717) is 17.0 Å². The minimum atomic E-state index is -0.806. The van der Waals surface area contributed by atoms with Gasteiger partial charge in [0.15, 0.2) is 0 Å². The van der Waals surface area contributed by atoms with Gasteiger partial charge < -0.3 is 10.5 Å². The summed E-state index contributed by atoms with van der Waals surface area (Å²) in [5.74, 6) is -0.197. The Labute approximate surface area is 127 Å². The minimum absolute atomic E-state index is 0. The van der Waals surface area contributed by atoms with Crippen LogP contribution in [0.5, 0.6) is 5.75 Å². The first kappa shape index (κ1) is 15.3. The van der Waals surface area contributed by atoms with Gasteiger partial charge in [0.2, 0.25) is 0 Å². The average molecular weight is 309 g/mol. The highest BCUT2D eigenvalue weighted by Gasteiger charge is 2.37. The molecule has 1 unspecified atom stereocenters. The third-order valence-corrected chi connectivity index (χ3v) is 3.39. The number of amides is 1. The zero-order chi connectivity index (χ0) is 14.3. The number of nitrogens with two attached hydrogens (primary N) is 1. The Kier molecular flexibility index (Phi) is 4.16. The molecule has 1 aliphatic rings. The van der Waals surface area contributed by atoms with Crippen LogP contribution in [-0.4, -0.2) is 13.0 Å². The Morgan fingerprint density at radius 2 is 1.90 bits per heavy atom. The topological polar surface area (TPSA) is 55.6 Å². The summed E-state index contributed by atoms with van der Waals surface area (Å²) in [6.45, 7) is 0. The van der Waals surface area contributed by atoms with Gasteiger partial charge >= 0.3 is 0 Å². The Balaban J connectivity index is 0.00000161. The molecule has 0 radical (unpaired) electrons. The first-order chi connectivity index (χ1) is 9.63. The number of anilines is 2. The van der Waals surface area contributed by atoms with Gasteiger partial charge in [0.25, 0.3) is 5.91 Å². The standard InChI is InChI=1S/C15H13FN2O2.ClH/c1-20-9-6-7-12-10(8-9)14(17)15(19)18(12)13-5-3-2-4-11(13)16;/h2-8,14H,17H2,1H3;1H. The van der Waals surface area contributed by atoms with Crippen LogP contribution in [0.2, 0.25) is 0 Å². The molecule has 0 spiro atoms. The molecule has 0 fully saturated rings. The van der Waals surface area contributed by atoms with Crippen molar-refractivity contribution in [2.75, 3.05) is 12.0 Å². The summed E-state index contributed by atoms with van der Waals surface area (Å²) in [4.78, 5) is 13.6. The lowest BCUT2D eigenvalue weighted by atomic mass is 10.1. The van der Waals surface area contributed by atoms with E-state index in [0.717, 1.165) is 0 Å². The van der Waals surface area contributed by atoms with Gasteiger partial charge in [-0.05, 0) is 30.3 Å². The fraction of sp³-hybridized carbons (Fsp3) is 0.133. The lowest BCUT2D eigenvalue weighted by molar-refractivity contribution is -0.118. The predicted molar refractivity (Wildman–Crippen MR) is 80.7 cm³/mol. The maximum atomic E-state index is 13.9. The lowest BCUT2D eigenvalue weighted by Crippen LogP contribution is -2.28. The molecule has 1 aliphatic heterocycles. The summed E-state index contributed by atoms with van der Waals surface area (Å²) < 4.78 is 19.1. The van der Waals surface area contributed by atoms with Gasteiger partial charge in [-0.1, -0.05) is 12.1 Å². The third kappa shape index (κ3) is 2.34. The second-order valence-electron chi connectivity index (χ2n) is 4.53. The molecular weight excluding hydrogens is 295 g/mol. The third-order valence-electron chi connectivity index (χ3n) is 3.39. The maximum Gasteiger partial charge on any atom is 0.253 e. The second-order valence-corrected chi connectivity index (χ2v) is 4.53. The van der Waals surface area contributed by atoms with Crippen LogP contribution in [0.15, 0.2) is 42.5 Å². The first-order valence-corrected chi connectivity index (χ1v) is 6.15. The van der Waals surface area contributed by atoms with Gasteiger partial charge in [-0.2, -0.15) is 0 Å². The summed E-state index contributed by atoms with van der Waals surface area (Å²) >= 11 is 0. The highest BCUT2D eigenvalue weighted by atomic mass is 35.5. The van der Waals surface area contributed by atoms with Crippen LogP contribution in [0, 0.1) is 5.82 Å². The van der Waals surface area contributed by atoms with Crippen molar-refractivity contribution >= 4 is 29.7 Å². The number of hydrogen-bond donors (Lipinski definition) is 1. The number of hydrogen-bond acceptors (Lipinski definition) is 3. The Bertz CT molecular complexity index is 693. The molecule has 110 valence electrons. The van der Waals surface area contributed by atoms with Crippen LogP contribution in [0.4, 0.5) is 15.8 Å². The molecule has 0 aromatic heterocycles. The molecule has 1 atom stereocenters. The van der Waals surface area contributed by atoms with Crippen LogP contribution in [0.3, 0.4) is 0 Å². The normalized spacial score (nSPS) is 16.4. The summed E-state index contributed by atoms with van der Waals surface area (Å²) in [7, 11) is 1.54. The van der Waals surface area contributed by atoms with E-state index in [1.165, 1.54) is 11.0 Å². The largest absolute Gasteiger partial charge is 0.497 e. The molecule has 2 aromatic rings. The van der Waals surface area contributed by atoms with E-state index < -0.39 is 11.9 Å². The van der Waals surface area contributed by atoms with Crippen molar-refractivity contribution in [1.82, 2.24) is 0 Å². The summed E-state index contributed by atoms with van der Waals surface area (Å²) in [5, 5.41) is 0. The Morgan fingerprint density at radius 3 is 2.57 bits per heavy atom. The van der Waals surface area contributed by atoms with Gasteiger partial charge in [-0.15, -0.1) is 12.4 Å². The number of halogens is 2. The smallest absolute Gasteiger partial charge is 0.253 e. The van der Waals surface area contributed by atoms with Crippen LogP contribution in [-0.2, 0) is 4.79 Å². The van der Waals surface area contributed by atoms with Crippen molar-refractivity contribution in [2.45, 2.75) is 6.04 Å². The number of ether oxygens (including phenoxy) is 1. The number of nitrogens with zero attached hydrogens (tertiary/aromatic N) is 1. The summed E-state index contributed by atoms with van der Waals surface area (Å²) in [5.41, 5.74) is 7.36. The molecule has 1 amide bonds. The van der Waals surface area contributed by atoms with Crippen molar-refractivity contribution < 1.29 is 13.9 Å². The van der Waals surface area contributed by atoms with E-state index in [4.69, 9.17) is 10.5 Å². The molecule has 21 heavy (non-hydrogen) atoms. The van der Waals surface area contributed by atoms with Crippen LogP contribution in [0.1, 0.15) is 11.6 Å². The number of carbonyl (C=O) groups excluding carboxylic acids is 1. The van der Waals surface area contributed by atoms with E-state index in [2.05, 4.69) is 0 Å². The van der Waals surface area contributed by atoms with E-state index in [9.17, 15) is 9.18 Å². The van der Waals surface area contributed by atoms with Gasteiger partial charge in [0, 0.05) is 5.56 Å². The zero-order valence-corrected chi connectivity index (χ0v) is 12.1. The van der Waals surface area contributed by atoms with E-state index in [1.807, 2.05) is 0 Å². The minimum Gasteiger partial charge on any atom is -0.497 e. The van der Waals surface area contributed by atoms with E-state index in [1.54, 1.807) is 43.5 Å². The molecule has 0 saturated heterocycles. The molecule has 0 aliphatic carbocycles. The Morgan fingerprint density at radius 1 is 1.19 bits per heavy atom. The van der Waals surface area contributed by atoms with Gasteiger partial charge in [0.1, 0.15) is 17.6 Å². The monoisotopic (exact) mass is 308 g/mol. The molecule has 2 aromatic carbocycles. The van der Waals surface area contributed by atoms with Gasteiger partial charge in [-0.25, -0.2) is 4.39 Å². The van der Waals surface area contributed by atoms with Crippen molar-refractivity contribution in [3.05, 3.63) is 53.8 Å². The molecule has 0 bridgehead atoms. The fourth-order valence-electron chi connectivity index (χ4n) is 2.38. The quantitative estimate of drug-likeness (QED) is 0.928. The first-order valence-electron chi connectivity index (χ1n) is 6.15. The molecule has 1 heterocycles. The number of fused-ring (bicyclic) bond motifs is 1. The van der Waals surface area contributed by atoms with Crippen molar-refractivity contribution in [1.29, 1.82) is 0 Å². The van der Waals surface area contributed by atoms with Crippen LogP contribution in [0.25, 0.3) is 0 Å². The van der Waals surface area contributed by atoms with E-state index >= 15 is 0 Å². The average Bonchev–Trinajstić information content (AvgIpc) is 2.71. The molecule has 6 heteroatoms. The molecule has 0 saturated carbocycles. The van der Waals surface area contributed by atoms with Crippen molar-refractivity contribution in [3.8, 4) is 5.75 Å². The van der Waals surface area contributed by atoms with Crippen molar-refractivity contribution in [2.24, 2.45) is 5.73 Å². The second kappa shape index (κ2) is 5.71. The number of benzene rings is 2. The number of rotatable bonds is 2. The Hall–Kier alpha value is -2.11. The van der Waals surface area contributed by atoms with Gasteiger partial charge in [0.05, 0.1) is 18.5 Å². The summed E-state index contributed by atoms with van der Waals surface area (Å²) in [6.07, 6.45) is 0. The molecule has 2 N–H and O–H groups in total. The van der Waals surface area contributed by atoms with Gasteiger partial charge in [-0.3, -0.25) is 9.69 Å². The summed E-state index contributed by atoms with van der Waals surface area (Å²) in [6, 6.07) is 10.5. The van der Waals surface area contributed by atoms with Crippen LogP contribution >= 0.6 is 12.4 Å². The lowest BCUT2D eigenvalue weighted by Gasteiger charge is -2.18. The number of para-hydroxylation sites is 1. The predicted octanol–water partition coefficient (Wildman–Crippen LogP) is 2.93. The maximum absolute atomic E-state index is 13.9. The highest BCUT2D eigenvalue weighted by Crippen LogP contribution is 2.42. The highest BCUT2D eigenvalue weighted by molar-refractivity contribution is 6.10. The molecule has 3 rings (SSSR count). The molecular formula is C15H14ClFN2O2. The SMILES string of the molecule is COc1ccc2c(c1)C(N)C(=O)N2c1ccccc1F.Cl. The zero-order valence-electron chi connectivity index (χ0n) is 11.2. The van der Waals surface area contributed by atoms with Crippen LogP contribution < -0.4 is 15.4 Å². The van der Waals surface area contributed by atoms with Crippen molar-refractivity contribution in [3.63, 3.8) is 0 Å².